The largest absolute Gasteiger partial charge is 0.476 e. The van der Waals surface area contributed by atoms with Gasteiger partial charge in [0.15, 0.2) is 6.10 Å². The molecule has 23 heavy (non-hydrogen) atoms. The number of ether oxygens (including phenoxy) is 1. The first-order valence-electron chi connectivity index (χ1n) is 7.40. The lowest BCUT2D eigenvalue weighted by Gasteiger charge is -2.34. The molecule has 0 aliphatic carbocycles. The van der Waals surface area contributed by atoms with E-state index in [4.69, 9.17) is 16.3 Å². The summed E-state index contributed by atoms with van der Waals surface area (Å²) in [5, 5.41) is 3.19. The van der Waals surface area contributed by atoms with Gasteiger partial charge in [0.05, 0.1) is 18.5 Å². The average Bonchev–Trinajstić information content (AvgIpc) is 2.44. The molecule has 0 spiro atoms. The van der Waals surface area contributed by atoms with Crippen molar-refractivity contribution in [2.24, 2.45) is 5.92 Å². The van der Waals surface area contributed by atoms with Crippen molar-refractivity contribution >= 4 is 33.2 Å². The van der Waals surface area contributed by atoms with Crippen LogP contribution in [0.15, 0.2) is 18.2 Å². The van der Waals surface area contributed by atoms with Crippen LogP contribution in [-0.4, -0.2) is 39.8 Å². The second-order valence-electron chi connectivity index (χ2n) is 5.99. The molecule has 0 saturated carbocycles. The molecule has 1 heterocycles. The van der Waals surface area contributed by atoms with Crippen molar-refractivity contribution in [1.29, 1.82) is 0 Å². The molecule has 0 aromatic heterocycles. The number of hydrogen-bond donors (Lipinski definition) is 1. The van der Waals surface area contributed by atoms with E-state index >= 15 is 0 Å². The Morgan fingerprint density at radius 3 is 2.78 bits per heavy atom. The molecule has 1 aromatic rings. The van der Waals surface area contributed by atoms with Gasteiger partial charge in [0.25, 0.3) is 5.91 Å². The first kappa shape index (κ1) is 17.9. The minimum atomic E-state index is -3.54. The van der Waals surface area contributed by atoms with E-state index in [1.54, 1.807) is 12.1 Å². The molecule has 1 aromatic carbocycles. The highest BCUT2D eigenvalue weighted by molar-refractivity contribution is 7.92. The summed E-state index contributed by atoms with van der Waals surface area (Å²) in [7, 11) is -3.54. The third-order valence-electron chi connectivity index (χ3n) is 3.50. The molecular weight excluding hydrogens is 340 g/mol. The Hall–Kier alpha value is -1.47. The molecule has 0 bridgehead atoms. The second-order valence-corrected chi connectivity index (χ2v) is 8.33. The van der Waals surface area contributed by atoms with Crippen molar-refractivity contribution in [3.8, 4) is 5.75 Å². The van der Waals surface area contributed by atoms with Crippen molar-refractivity contribution < 1.29 is 17.9 Å². The van der Waals surface area contributed by atoms with Crippen molar-refractivity contribution in [3.63, 3.8) is 0 Å². The lowest BCUT2D eigenvalue weighted by Crippen LogP contribution is -2.50. The zero-order valence-corrected chi connectivity index (χ0v) is 14.9. The zero-order valence-electron chi connectivity index (χ0n) is 13.4. The van der Waals surface area contributed by atoms with E-state index in [1.807, 2.05) is 0 Å². The summed E-state index contributed by atoms with van der Waals surface area (Å²) in [6.07, 6.45) is 1.06. The highest BCUT2D eigenvalue weighted by Gasteiger charge is 2.35. The second kappa shape index (κ2) is 6.97. The van der Waals surface area contributed by atoms with E-state index in [0.29, 0.717) is 28.9 Å². The van der Waals surface area contributed by atoms with Gasteiger partial charge < -0.3 is 10.1 Å². The van der Waals surface area contributed by atoms with E-state index in [9.17, 15) is 13.2 Å². The Morgan fingerprint density at radius 2 is 2.17 bits per heavy atom. The number of carbonyl (C=O) groups is 1. The minimum absolute atomic E-state index is 0.0698. The van der Waals surface area contributed by atoms with Crippen molar-refractivity contribution in [1.82, 2.24) is 5.32 Å². The lowest BCUT2D eigenvalue weighted by atomic mass is 10.1. The quantitative estimate of drug-likeness (QED) is 0.871. The van der Waals surface area contributed by atoms with Crippen LogP contribution in [0.1, 0.15) is 20.3 Å². The molecule has 0 radical (unpaired) electrons. The van der Waals surface area contributed by atoms with Gasteiger partial charge in [-0.2, -0.15) is 0 Å². The summed E-state index contributed by atoms with van der Waals surface area (Å²) in [6.45, 7) is 4.59. The molecular formula is C15H21ClN2O4S. The number of benzene rings is 1. The van der Waals surface area contributed by atoms with Crippen LogP contribution in [0.4, 0.5) is 5.69 Å². The van der Waals surface area contributed by atoms with Gasteiger partial charge in [-0.1, -0.05) is 25.4 Å². The Kier molecular flexibility index (Phi) is 5.41. The summed E-state index contributed by atoms with van der Waals surface area (Å²) in [5.74, 6) is 0.480. The normalized spacial score (nSPS) is 17.6. The molecule has 1 aliphatic rings. The Morgan fingerprint density at radius 1 is 1.48 bits per heavy atom. The van der Waals surface area contributed by atoms with E-state index < -0.39 is 16.1 Å². The van der Waals surface area contributed by atoms with Crippen molar-refractivity contribution in [2.45, 2.75) is 26.4 Å². The number of fused-ring (bicyclic) bond motifs is 1. The van der Waals surface area contributed by atoms with Gasteiger partial charge >= 0.3 is 0 Å². The average molecular weight is 361 g/mol. The number of hydrogen-bond acceptors (Lipinski definition) is 4. The van der Waals surface area contributed by atoms with Crippen LogP contribution < -0.4 is 14.4 Å². The number of nitrogens with zero attached hydrogens (tertiary/aromatic N) is 1. The molecule has 1 aliphatic heterocycles. The van der Waals surface area contributed by atoms with E-state index in [-0.39, 0.29) is 12.5 Å². The molecule has 1 amide bonds. The first-order chi connectivity index (χ1) is 10.7. The number of anilines is 1. The number of rotatable bonds is 5. The monoisotopic (exact) mass is 360 g/mol. The molecule has 2 rings (SSSR count). The highest BCUT2D eigenvalue weighted by atomic mass is 35.5. The standard InChI is InChI=1S/C15H21ClN2O4S/c1-10(2)6-7-17-15(19)14-9-18(23(3,20)21)12-8-11(16)4-5-13(12)22-14/h4-5,8,10,14H,6-7,9H2,1-3H3,(H,17,19)/t14-/m1/s1. The van der Waals surface area contributed by atoms with Gasteiger partial charge in [0.1, 0.15) is 5.75 Å². The van der Waals surface area contributed by atoms with Gasteiger partial charge in [0, 0.05) is 11.6 Å². The fourth-order valence-electron chi connectivity index (χ4n) is 2.27. The van der Waals surface area contributed by atoms with Gasteiger partial charge in [0.2, 0.25) is 10.0 Å². The Balaban J connectivity index is 2.20. The predicted molar refractivity (Wildman–Crippen MR) is 90.5 cm³/mol. The minimum Gasteiger partial charge on any atom is -0.476 e. The smallest absolute Gasteiger partial charge is 0.263 e. The first-order valence-corrected chi connectivity index (χ1v) is 9.62. The number of carbonyl (C=O) groups excluding carboxylic acids is 1. The topological polar surface area (TPSA) is 75.7 Å². The van der Waals surface area contributed by atoms with Crippen LogP contribution >= 0.6 is 11.6 Å². The van der Waals surface area contributed by atoms with Crippen LogP contribution in [-0.2, 0) is 14.8 Å². The van der Waals surface area contributed by atoms with Crippen LogP contribution in [0.2, 0.25) is 5.02 Å². The third kappa shape index (κ3) is 4.51. The van der Waals surface area contributed by atoms with Crippen molar-refractivity contribution in [3.05, 3.63) is 23.2 Å². The maximum absolute atomic E-state index is 12.2. The Labute approximate surface area is 141 Å². The zero-order chi connectivity index (χ0) is 17.2. The SMILES string of the molecule is CC(C)CCNC(=O)[C@H]1CN(S(C)(=O)=O)c2cc(Cl)ccc2O1. The number of nitrogens with one attached hydrogen (secondary N) is 1. The fourth-order valence-corrected chi connectivity index (χ4v) is 3.35. The summed E-state index contributed by atoms with van der Waals surface area (Å²) in [4.78, 5) is 12.2. The van der Waals surface area contributed by atoms with Gasteiger partial charge in [-0.05, 0) is 30.5 Å². The fraction of sp³-hybridized carbons (Fsp3) is 0.533. The number of sulfonamides is 1. The maximum atomic E-state index is 12.2. The summed E-state index contributed by atoms with van der Waals surface area (Å²) in [6, 6.07) is 4.69. The molecule has 1 N–H and O–H groups in total. The van der Waals surface area contributed by atoms with Crippen LogP contribution in [0.25, 0.3) is 0 Å². The molecule has 6 nitrogen and oxygen atoms in total. The van der Waals surface area contributed by atoms with Gasteiger partial charge in [-0.15, -0.1) is 0 Å². The van der Waals surface area contributed by atoms with Crippen LogP contribution in [0.3, 0.4) is 0 Å². The summed E-state index contributed by atoms with van der Waals surface area (Å²) >= 11 is 5.93. The van der Waals surface area contributed by atoms with Crippen LogP contribution in [0.5, 0.6) is 5.75 Å². The van der Waals surface area contributed by atoms with E-state index in [0.717, 1.165) is 17.0 Å². The van der Waals surface area contributed by atoms with E-state index in [2.05, 4.69) is 19.2 Å². The molecule has 1 atom stereocenters. The summed E-state index contributed by atoms with van der Waals surface area (Å²) < 4.78 is 30.9. The molecule has 128 valence electrons. The third-order valence-corrected chi connectivity index (χ3v) is 4.89. The highest BCUT2D eigenvalue weighted by Crippen LogP contribution is 2.37. The number of amides is 1. The Bertz CT molecular complexity index is 691. The van der Waals surface area contributed by atoms with Crippen molar-refractivity contribution in [2.75, 3.05) is 23.7 Å². The molecule has 0 saturated heterocycles. The molecule has 0 unspecified atom stereocenters. The molecule has 0 fully saturated rings. The van der Waals surface area contributed by atoms with Crippen LogP contribution in [0, 0.1) is 5.92 Å². The lowest BCUT2D eigenvalue weighted by molar-refractivity contribution is -0.127. The maximum Gasteiger partial charge on any atom is 0.263 e. The van der Waals surface area contributed by atoms with Gasteiger partial charge in [-0.3, -0.25) is 9.10 Å². The molecule has 8 heteroatoms. The van der Waals surface area contributed by atoms with Gasteiger partial charge in [-0.25, -0.2) is 8.42 Å². The summed E-state index contributed by atoms with van der Waals surface area (Å²) in [5.41, 5.74) is 0.353. The predicted octanol–water partition coefficient (Wildman–Crippen LogP) is 2.03. The van der Waals surface area contributed by atoms with E-state index in [1.165, 1.54) is 6.07 Å². The number of halogens is 1.